The summed E-state index contributed by atoms with van der Waals surface area (Å²) >= 11 is 0. The molecule has 1 aromatic rings. The fourth-order valence-corrected chi connectivity index (χ4v) is 5.89. The average Bonchev–Trinajstić information content (AvgIpc) is 2.38. The van der Waals surface area contributed by atoms with Crippen LogP contribution in [0.15, 0.2) is 30.3 Å². The van der Waals surface area contributed by atoms with Crippen LogP contribution < -0.4 is 5.73 Å². The molecule has 1 atom stereocenters. The van der Waals surface area contributed by atoms with Crippen LogP contribution in [0.4, 0.5) is 0 Å². The third kappa shape index (κ3) is 1.78. The van der Waals surface area contributed by atoms with Crippen molar-refractivity contribution < 1.29 is 0 Å². The molecule has 19 heavy (non-hydrogen) atoms. The second-order valence-corrected chi connectivity index (χ2v) is 7.61. The maximum absolute atomic E-state index is 6.86. The SMILES string of the molecule is CC(N)(c1ccccc1)C1C2CC3CC(C2)CC1C3. The summed E-state index contributed by atoms with van der Waals surface area (Å²) in [6, 6.07) is 10.8. The molecule has 0 spiro atoms. The van der Waals surface area contributed by atoms with Crippen LogP contribution >= 0.6 is 0 Å². The summed E-state index contributed by atoms with van der Waals surface area (Å²) in [6.07, 6.45) is 7.34. The lowest BCUT2D eigenvalue weighted by Crippen LogP contribution is -2.56. The number of hydrogen-bond donors (Lipinski definition) is 1. The van der Waals surface area contributed by atoms with Crippen LogP contribution in [0.2, 0.25) is 0 Å². The van der Waals surface area contributed by atoms with Gasteiger partial charge in [-0.15, -0.1) is 0 Å². The van der Waals surface area contributed by atoms with Crippen LogP contribution in [0, 0.1) is 29.6 Å². The number of benzene rings is 1. The van der Waals surface area contributed by atoms with E-state index >= 15 is 0 Å². The molecule has 0 saturated heterocycles. The fraction of sp³-hybridized carbons (Fsp3) is 0.667. The Kier molecular flexibility index (Phi) is 2.57. The van der Waals surface area contributed by atoms with Gasteiger partial charge in [0.15, 0.2) is 0 Å². The van der Waals surface area contributed by atoms with Crippen LogP contribution in [-0.4, -0.2) is 0 Å². The lowest BCUT2D eigenvalue weighted by atomic mass is 9.48. The normalized spacial score (nSPS) is 43.2. The number of rotatable bonds is 2. The standard InChI is InChI=1S/C18H25N/c1-18(19,16-5-3-2-4-6-16)17-14-8-12-7-13(10-14)11-15(17)9-12/h2-6,12-15,17H,7-11,19H2,1H3. The zero-order valence-corrected chi connectivity index (χ0v) is 11.9. The van der Waals surface area contributed by atoms with Gasteiger partial charge in [0.1, 0.15) is 0 Å². The van der Waals surface area contributed by atoms with E-state index in [1.54, 1.807) is 0 Å². The lowest BCUT2D eigenvalue weighted by Gasteiger charge is -2.58. The predicted octanol–water partition coefficient (Wildman–Crippen LogP) is 3.93. The molecule has 0 radical (unpaired) electrons. The highest BCUT2D eigenvalue weighted by Gasteiger charge is 2.53. The average molecular weight is 255 g/mol. The van der Waals surface area contributed by atoms with E-state index in [2.05, 4.69) is 37.3 Å². The molecule has 1 aromatic carbocycles. The van der Waals surface area contributed by atoms with Crippen molar-refractivity contribution in [2.75, 3.05) is 0 Å². The van der Waals surface area contributed by atoms with Crippen molar-refractivity contribution in [3.8, 4) is 0 Å². The highest BCUT2D eigenvalue weighted by Crippen LogP contribution is 2.60. The molecule has 102 valence electrons. The minimum absolute atomic E-state index is 0.135. The van der Waals surface area contributed by atoms with Gasteiger partial charge in [-0.05, 0) is 74.2 Å². The molecule has 5 rings (SSSR count). The Morgan fingerprint density at radius 1 is 0.895 bits per heavy atom. The molecule has 4 aliphatic carbocycles. The summed E-state index contributed by atoms with van der Waals surface area (Å²) < 4.78 is 0. The lowest BCUT2D eigenvalue weighted by molar-refractivity contribution is -0.0676. The molecule has 0 heterocycles. The van der Waals surface area contributed by atoms with E-state index in [1.807, 2.05) is 0 Å². The minimum Gasteiger partial charge on any atom is -0.321 e. The van der Waals surface area contributed by atoms with Crippen molar-refractivity contribution in [3.05, 3.63) is 35.9 Å². The van der Waals surface area contributed by atoms with E-state index in [9.17, 15) is 0 Å². The molecule has 1 heteroatoms. The van der Waals surface area contributed by atoms with Gasteiger partial charge in [-0.25, -0.2) is 0 Å². The molecule has 2 N–H and O–H groups in total. The highest BCUT2D eigenvalue weighted by molar-refractivity contribution is 5.25. The van der Waals surface area contributed by atoms with Crippen LogP contribution in [0.5, 0.6) is 0 Å². The van der Waals surface area contributed by atoms with Crippen LogP contribution in [0.1, 0.15) is 44.6 Å². The minimum atomic E-state index is -0.135. The second kappa shape index (κ2) is 4.09. The maximum Gasteiger partial charge on any atom is 0.0414 e. The van der Waals surface area contributed by atoms with Crippen molar-refractivity contribution in [3.63, 3.8) is 0 Å². The smallest absolute Gasteiger partial charge is 0.0414 e. The van der Waals surface area contributed by atoms with Gasteiger partial charge in [0.2, 0.25) is 0 Å². The molecule has 1 nitrogen and oxygen atoms in total. The first-order chi connectivity index (χ1) is 9.14. The topological polar surface area (TPSA) is 26.0 Å². The number of nitrogens with two attached hydrogens (primary N) is 1. The first-order valence-electron chi connectivity index (χ1n) is 7.99. The van der Waals surface area contributed by atoms with Gasteiger partial charge < -0.3 is 5.73 Å². The van der Waals surface area contributed by atoms with Gasteiger partial charge in [0, 0.05) is 5.54 Å². The van der Waals surface area contributed by atoms with Gasteiger partial charge in [-0.3, -0.25) is 0 Å². The van der Waals surface area contributed by atoms with Gasteiger partial charge in [-0.1, -0.05) is 30.3 Å². The summed E-state index contributed by atoms with van der Waals surface area (Å²) in [5.41, 5.74) is 8.07. The number of hydrogen-bond acceptors (Lipinski definition) is 1. The monoisotopic (exact) mass is 255 g/mol. The third-order valence-corrected chi connectivity index (χ3v) is 6.31. The van der Waals surface area contributed by atoms with Crippen molar-refractivity contribution in [2.24, 2.45) is 35.3 Å². The molecule has 4 aliphatic rings. The van der Waals surface area contributed by atoms with Gasteiger partial charge in [0.05, 0.1) is 0 Å². The van der Waals surface area contributed by atoms with E-state index in [0.29, 0.717) is 5.92 Å². The zero-order chi connectivity index (χ0) is 13.0. The van der Waals surface area contributed by atoms with E-state index in [4.69, 9.17) is 5.73 Å². The summed E-state index contributed by atoms with van der Waals surface area (Å²) in [5, 5.41) is 0. The predicted molar refractivity (Wildman–Crippen MR) is 78.5 cm³/mol. The van der Waals surface area contributed by atoms with E-state index in [0.717, 1.165) is 23.7 Å². The molecule has 4 bridgehead atoms. The molecule has 0 aliphatic heterocycles. The molecular weight excluding hydrogens is 230 g/mol. The maximum atomic E-state index is 6.86. The summed E-state index contributed by atoms with van der Waals surface area (Å²) in [5.74, 6) is 4.57. The molecule has 0 aromatic heterocycles. The van der Waals surface area contributed by atoms with Crippen molar-refractivity contribution in [1.82, 2.24) is 0 Å². The van der Waals surface area contributed by atoms with Gasteiger partial charge >= 0.3 is 0 Å². The Morgan fingerprint density at radius 3 is 1.95 bits per heavy atom. The Labute approximate surface area is 116 Å². The zero-order valence-electron chi connectivity index (χ0n) is 11.9. The molecular formula is C18H25N. The van der Waals surface area contributed by atoms with E-state index in [-0.39, 0.29) is 5.54 Å². The quantitative estimate of drug-likeness (QED) is 0.851. The first-order valence-corrected chi connectivity index (χ1v) is 7.99. The summed E-state index contributed by atoms with van der Waals surface area (Å²) in [6.45, 7) is 2.29. The Balaban J connectivity index is 1.68. The molecule has 4 fully saturated rings. The Morgan fingerprint density at radius 2 is 1.42 bits per heavy atom. The fourth-order valence-electron chi connectivity index (χ4n) is 5.89. The van der Waals surface area contributed by atoms with Crippen LogP contribution in [0.3, 0.4) is 0 Å². The summed E-state index contributed by atoms with van der Waals surface area (Å²) in [4.78, 5) is 0. The highest BCUT2D eigenvalue weighted by atomic mass is 14.8. The Bertz CT molecular complexity index is 434. The molecule has 1 unspecified atom stereocenters. The van der Waals surface area contributed by atoms with Crippen LogP contribution in [-0.2, 0) is 5.54 Å². The summed E-state index contributed by atoms with van der Waals surface area (Å²) in [7, 11) is 0. The van der Waals surface area contributed by atoms with Crippen molar-refractivity contribution >= 4 is 0 Å². The molecule has 4 saturated carbocycles. The molecule has 0 amide bonds. The van der Waals surface area contributed by atoms with Gasteiger partial charge in [-0.2, -0.15) is 0 Å². The van der Waals surface area contributed by atoms with E-state index in [1.165, 1.54) is 37.7 Å². The van der Waals surface area contributed by atoms with Crippen molar-refractivity contribution in [1.29, 1.82) is 0 Å². The third-order valence-electron chi connectivity index (χ3n) is 6.31. The van der Waals surface area contributed by atoms with Crippen molar-refractivity contribution in [2.45, 2.75) is 44.6 Å². The first kappa shape index (κ1) is 12.0. The second-order valence-electron chi connectivity index (χ2n) is 7.61. The Hall–Kier alpha value is -0.820. The largest absolute Gasteiger partial charge is 0.321 e. The van der Waals surface area contributed by atoms with E-state index < -0.39 is 0 Å². The van der Waals surface area contributed by atoms with Gasteiger partial charge in [0.25, 0.3) is 0 Å². The van der Waals surface area contributed by atoms with Crippen LogP contribution in [0.25, 0.3) is 0 Å².